The lowest BCUT2D eigenvalue weighted by atomic mass is 10.1. The third kappa shape index (κ3) is 6.94. The Hall–Kier alpha value is -2.53. The molecule has 0 heterocycles. The molecule has 0 saturated carbocycles. The monoisotopic (exact) mass is 388 g/mol. The highest BCUT2D eigenvalue weighted by Crippen LogP contribution is 2.18. The molecule has 6 heteroatoms. The third-order valence-electron chi connectivity index (χ3n) is 4.30. The molecule has 1 N–H and O–H groups in total. The summed E-state index contributed by atoms with van der Waals surface area (Å²) in [6.45, 7) is 2.89. The summed E-state index contributed by atoms with van der Waals surface area (Å²) in [5.74, 6) is 0.672. The predicted molar refractivity (Wildman–Crippen MR) is 107 cm³/mol. The van der Waals surface area contributed by atoms with Gasteiger partial charge in [-0.15, -0.1) is 0 Å². The van der Waals surface area contributed by atoms with E-state index in [0.717, 1.165) is 16.9 Å². The molecule has 5 nitrogen and oxygen atoms in total. The number of benzene rings is 2. The summed E-state index contributed by atoms with van der Waals surface area (Å²) in [5, 5.41) is 3.53. The molecule has 144 valence electrons. The summed E-state index contributed by atoms with van der Waals surface area (Å²) in [4.78, 5) is 25.7. The molecule has 2 rings (SSSR count). The van der Waals surface area contributed by atoms with Gasteiger partial charge in [-0.2, -0.15) is 0 Å². The number of carbonyl (C=O) groups excluding carboxylic acids is 2. The molecule has 0 atom stereocenters. The zero-order valence-electron chi connectivity index (χ0n) is 15.7. The Kier molecular flexibility index (Phi) is 8.14. The van der Waals surface area contributed by atoms with Gasteiger partial charge in [0.2, 0.25) is 11.8 Å². The number of hydrogen-bond donors (Lipinski definition) is 1. The molecule has 0 aromatic heterocycles. The summed E-state index contributed by atoms with van der Waals surface area (Å²) in [5.41, 5.74) is 2.02. The van der Waals surface area contributed by atoms with E-state index in [1.807, 2.05) is 36.4 Å². The topological polar surface area (TPSA) is 58.6 Å². The molecule has 2 aromatic rings. The van der Waals surface area contributed by atoms with Gasteiger partial charge in [-0.1, -0.05) is 41.9 Å². The molecule has 0 spiro atoms. The van der Waals surface area contributed by atoms with Gasteiger partial charge in [0.1, 0.15) is 5.75 Å². The first-order chi connectivity index (χ1) is 13.0. The van der Waals surface area contributed by atoms with Gasteiger partial charge in [0.05, 0.1) is 7.11 Å². The standard InChI is InChI=1S/C21H25ClN2O3/c1-16(25)24(13-11-18-5-3-4-6-20(18)27-2)14-12-21(26)23-15-17-7-9-19(22)10-8-17/h3-10H,11-15H2,1-2H3,(H,23,26). The molecular weight excluding hydrogens is 364 g/mol. The Labute approximate surface area is 165 Å². The van der Waals surface area contributed by atoms with Crippen molar-refractivity contribution in [1.82, 2.24) is 10.2 Å². The fraction of sp³-hybridized carbons (Fsp3) is 0.333. The maximum absolute atomic E-state index is 12.1. The quantitative estimate of drug-likeness (QED) is 0.715. The van der Waals surface area contributed by atoms with E-state index in [9.17, 15) is 9.59 Å². The van der Waals surface area contributed by atoms with Crippen molar-refractivity contribution in [1.29, 1.82) is 0 Å². The highest BCUT2D eigenvalue weighted by molar-refractivity contribution is 6.30. The van der Waals surface area contributed by atoms with E-state index in [0.29, 0.717) is 31.1 Å². The van der Waals surface area contributed by atoms with E-state index >= 15 is 0 Å². The Bertz CT molecular complexity index is 762. The first kappa shape index (κ1) is 20.8. The first-order valence-electron chi connectivity index (χ1n) is 8.88. The average molecular weight is 389 g/mol. The third-order valence-corrected chi connectivity index (χ3v) is 4.55. The van der Waals surface area contributed by atoms with Crippen LogP contribution in [0, 0.1) is 0 Å². The van der Waals surface area contributed by atoms with Crippen molar-refractivity contribution in [2.45, 2.75) is 26.3 Å². The number of amides is 2. The van der Waals surface area contributed by atoms with Crippen LogP contribution >= 0.6 is 11.6 Å². The number of nitrogens with zero attached hydrogens (tertiary/aromatic N) is 1. The zero-order chi connectivity index (χ0) is 19.6. The zero-order valence-corrected chi connectivity index (χ0v) is 16.5. The smallest absolute Gasteiger partial charge is 0.222 e. The van der Waals surface area contributed by atoms with Crippen molar-refractivity contribution in [2.24, 2.45) is 0 Å². The highest BCUT2D eigenvalue weighted by atomic mass is 35.5. The lowest BCUT2D eigenvalue weighted by molar-refractivity contribution is -0.129. The Balaban J connectivity index is 1.80. The van der Waals surface area contributed by atoms with Crippen LogP contribution in [0.3, 0.4) is 0 Å². The van der Waals surface area contributed by atoms with Crippen molar-refractivity contribution in [3.8, 4) is 5.75 Å². The van der Waals surface area contributed by atoms with Crippen LogP contribution in [0.25, 0.3) is 0 Å². The van der Waals surface area contributed by atoms with E-state index in [2.05, 4.69) is 5.32 Å². The number of methoxy groups -OCH3 is 1. The van der Waals surface area contributed by atoms with Gasteiger partial charge in [-0.25, -0.2) is 0 Å². The number of carbonyl (C=O) groups is 2. The number of ether oxygens (including phenoxy) is 1. The molecule has 2 amide bonds. The molecule has 0 aliphatic rings. The average Bonchev–Trinajstić information content (AvgIpc) is 2.67. The van der Waals surface area contributed by atoms with E-state index in [-0.39, 0.29) is 18.2 Å². The maximum atomic E-state index is 12.1. The van der Waals surface area contributed by atoms with Gasteiger partial charge < -0.3 is 15.0 Å². The van der Waals surface area contributed by atoms with Crippen LogP contribution in [-0.2, 0) is 22.6 Å². The normalized spacial score (nSPS) is 10.3. The Morgan fingerprint density at radius 1 is 1.07 bits per heavy atom. The van der Waals surface area contributed by atoms with Crippen LogP contribution in [0.2, 0.25) is 5.02 Å². The Morgan fingerprint density at radius 3 is 2.44 bits per heavy atom. The van der Waals surface area contributed by atoms with Crippen LogP contribution in [-0.4, -0.2) is 36.9 Å². The molecule has 0 aliphatic carbocycles. The largest absolute Gasteiger partial charge is 0.496 e. The molecule has 0 fully saturated rings. The second-order valence-electron chi connectivity index (χ2n) is 6.22. The number of hydrogen-bond acceptors (Lipinski definition) is 3. The van der Waals surface area contributed by atoms with Gasteiger partial charge in [0.25, 0.3) is 0 Å². The van der Waals surface area contributed by atoms with E-state index in [4.69, 9.17) is 16.3 Å². The molecule has 27 heavy (non-hydrogen) atoms. The predicted octanol–water partition coefficient (Wildman–Crippen LogP) is 3.45. The summed E-state index contributed by atoms with van der Waals surface area (Å²) >= 11 is 5.85. The van der Waals surface area contributed by atoms with Crippen LogP contribution in [0.5, 0.6) is 5.75 Å². The summed E-state index contributed by atoms with van der Waals surface area (Å²) in [7, 11) is 1.63. The lowest BCUT2D eigenvalue weighted by Gasteiger charge is -2.21. The van der Waals surface area contributed by atoms with Crippen LogP contribution in [0.1, 0.15) is 24.5 Å². The number of halogens is 1. The van der Waals surface area contributed by atoms with Crippen LogP contribution in [0.4, 0.5) is 0 Å². The van der Waals surface area contributed by atoms with E-state index in [1.165, 1.54) is 6.92 Å². The number of nitrogens with one attached hydrogen (secondary N) is 1. The van der Waals surface area contributed by atoms with Crippen molar-refractivity contribution in [3.05, 3.63) is 64.7 Å². The summed E-state index contributed by atoms with van der Waals surface area (Å²) in [6, 6.07) is 15.1. The molecule has 0 unspecified atom stereocenters. The fourth-order valence-corrected chi connectivity index (χ4v) is 2.85. The maximum Gasteiger partial charge on any atom is 0.222 e. The molecule has 0 saturated heterocycles. The molecule has 2 aromatic carbocycles. The second kappa shape index (κ2) is 10.6. The minimum Gasteiger partial charge on any atom is -0.496 e. The van der Waals surface area contributed by atoms with Crippen LogP contribution in [0.15, 0.2) is 48.5 Å². The summed E-state index contributed by atoms with van der Waals surface area (Å²) in [6.07, 6.45) is 0.940. The molecule has 0 radical (unpaired) electrons. The van der Waals surface area contributed by atoms with Gasteiger partial charge in [-0.05, 0) is 35.7 Å². The van der Waals surface area contributed by atoms with Crippen molar-refractivity contribution in [2.75, 3.05) is 20.2 Å². The van der Waals surface area contributed by atoms with Gasteiger partial charge in [-0.3, -0.25) is 9.59 Å². The van der Waals surface area contributed by atoms with Crippen molar-refractivity contribution >= 4 is 23.4 Å². The van der Waals surface area contributed by atoms with E-state index in [1.54, 1.807) is 24.1 Å². The molecule has 0 bridgehead atoms. The van der Waals surface area contributed by atoms with Gasteiger partial charge in [0.15, 0.2) is 0 Å². The Morgan fingerprint density at radius 2 is 1.78 bits per heavy atom. The SMILES string of the molecule is COc1ccccc1CCN(CCC(=O)NCc1ccc(Cl)cc1)C(C)=O. The first-order valence-corrected chi connectivity index (χ1v) is 9.26. The second-order valence-corrected chi connectivity index (χ2v) is 6.66. The molecular formula is C21H25ClN2O3. The van der Waals surface area contributed by atoms with E-state index < -0.39 is 0 Å². The summed E-state index contributed by atoms with van der Waals surface area (Å²) < 4.78 is 5.34. The van der Waals surface area contributed by atoms with Crippen molar-refractivity contribution < 1.29 is 14.3 Å². The van der Waals surface area contributed by atoms with Gasteiger partial charge in [0, 0.05) is 38.0 Å². The minimum atomic E-state index is -0.0894. The van der Waals surface area contributed by atoms with Crippen LogP contribution < -0.4 is 10.1 Å². The van der Waals surface area contributed by atoms with Gasteiger partial charge >= 0.3 is 0 Å². The van der Waals surface area contributed by atoms with Crippen molar-refractivity contribution in [3.63, 3.8) is 0 Å². The lowest BCUT2D eigenvalue weighted by Crippen LogP contribution is -2.35. The molecule has 0 aliphatic heterocycles. The highest BCUT2D eigenvalue weighted by Gasteiger charge is 2.12. The fourth-order valence-electron chi connectivity index (χ4n) is 2.72. The number of para-hydroxylation sites is 1. The number of rotatable bonds is 9. The minimum absolute atomic E-state index is 0.0459.